The molecular weight excluding hydrogens is 198 g/mol. The van der Waals surface area contributed by atoms with Gasteiger partial charge in [0, 0.05) is 12.5 Å². The highest BCUT2D eigenvalue weighted by Gasteiger charge is 2.47. The monoisotopic (exact) mass is 215 g/mol. The summed E-state index contributed by atoms with van der Waals surface area (Å²) in [6, 6.07) is 10.1. The van der Waals surface area contributed by atoms with Crippen LogP contribution in [0.15, 0.2) is 30.3 Å². The van der Waals surface area contributed by atoms with Gasteiger partial charge in [-0.2, -0.15) is 0 Å². The lowest BCUT2D eigenvalue weighted by Crippen LogP contribution is -2.29. The van der Waals surface area contributed by atoms with Crippen LogP contribution in [-0.2, 0) is 11.3 Å². The number of benzene rings is 1. The SMILES string of the molecule is O=C(NCc1ccccc1)C1CC2CC2C1. The van der Waals surface area contributed by atoms with E-state index in [1.54, 1.807) is 0 Å². The Bertz CT molecular complexity index is 377. The number of carbonyl (C=O) groups is 1. The zero-order chi connectivity index (χ0) is 11.0. The van der Waals surface area contributed by atoms with E-state index in [2.05, 4.69) is 5.32 Å². The van der Waals surface area contributed by atoms with E-state index in [-0.39, 0.29) is 5.91 Å². The van der Waals surface area contributed by atoms with E-state index in [0.717, 1.165) is 24.7 Å². The number of nitrogens with one attached hydrogen (secondary N) is 1. The van der Waals surface area contributed by atoms with Crippen molar-refractivity contribution in [3.05, 3.63) is 35.9 Å². The summed E-state index contributed by atoms with van der Waals surface area (Å²) in [7, 11) is 0. The molecule has 3 rings (SSSR count). The number of fused-ring (bicyclic) bond motifs is 1. The zero-order valence-corrected chi connectivity index (χ0v) is 9.36. The van der Waals surface area contributed by atoms with E-state index >= 15 is 0 Å². The maximum Gasteiger partial charge on any atom is 0.223 e. The van der Waals surface area contributed by atoms with Crippen LogP contribution in [0.25, 0.3) is 0 Å². The summed E-state index contributed by atoms with van der Waals surface area (Å²) in [6.07, 6.45) is 3.64. The Balaban J connectivity index is 1.50. The second kappa shape index (κ2) is 3.93. The van der Waals surface area contributed by atoms with E-state index in [1.165, 1.54) is 12.0 Å². The van der Waals surface area contributed by atoms with E-state index < -0.39 is 0 Å². The Kier molecular flexibility index (Phi) is 2.43. The van der Waals surface area contributed by atoms with Crippen molar-refractivity contribution in [1.82, 2.24) is 5.32 Å². The van der Waals surface area contributed by atoms with Crippen LogP contribution in [0.4, 0.5) is 0 Å². The van der Waals surface area contributed by atoms with Gasteiger partial charge < -0.3 is 5.32 Å². The molecular formula is C14H17NO. The third-order valence-corrected chi connectivity index (χ3v) is 3.92. The minimum atomic E-state index is 0.260. The molecule has 16 heavy (non-hydrogen) atoms. The van der Waals surface area contributed by atoms with Crippen molar-refractivity contribution in [1.29, 1.82) is 0 Å². The molecule has 0 aromatic heterocycles. The Hall–Kier alpha value is -1.31. The van der Waals surface area contributed by atoms with Gasteiger partial charge in [0.1, 0.15) is 0 Å². The molecule has 0 spiro atoms. The second-order valence-electron chi connectivity index (χ2n) is 5.13. The fourth-order valence-corrected chi connectivity index (χ4v) is 2.86. The van der Waals surface area contributed by atoms with Crippen LogP contribution in [0.2, 0.25) is 0 Å². The topological polar surface area (TPSA) is 29.1 Å². The van der Waals surface area contributed by atoms with E-state index in [1.807, 2.05) is 30.3 Å². The number of amides is 1. The first kappa shape index (κ1) is 9.88. The lowest BCUT2D eigenvalue weighted by Gasteiger charge is -2.12. The quantitative estimate of drug-likeness (QED) is 0.824. The van der Waals surface area contributed by atoms with Crippen molar-refractivity contribution in [2.45, 2.75) is 25.8 Å². The highest BCUT2D eigenvalue weighted by atomic mass is 16.1. The lowest BCUT2D eigenvalue weighted by atomic mass is 10.0. The maximum atomic E-state index is 11.9. The van der Waals surface area contributed by atoms with E-state index in [0.29, 0.717) is 12.5 Å². The van der Waals surface area contributed by atoms with Crippen molar-refractivity contribution in [2.24, 2.45) is 17.8 Å². The second-order valence-corrected chi connectivity index (χ2v) is 5.13. The molecule has 0 saturated heterocycles. The minimum Gasteiger partial charge on any atom is -0.352 e. The summed E-state index contributed by atoms with van der Waals surface area (Å²) >= 11 is 0. The van der Waals surface area contributed by atoms with Gasteiger partial charge in [-0.05, 0) is 36.7 Å². The molecule has 2 heteroatoms. The first-order chi connectivity index (χ1) is 7.83. The predicted octanol–water partition coefficient (Wildman–Crippen LogP) is 2.35. The van der Waals surface area contributed by atoms with Crippen LogP contribution in [0.5, 0.6) is 0 Å². The maximum absolute atomic E-state index is 11.9. The van der Waals surface area contributed by atoms with Gasteiger partial charge in [-0.3, -0.25) is 4.79 Å². The van der Waals surface area contributed by atoms with Gasteiger partial charge in [-0.15, -0.1) is 0 Å². The minimum absolute atomic E-state index is 0.260. The number of rotatable bonds is 3. The van der Waals surface area contributed by atoms with Crippen molar-refractivity contribution in [3.8, 4) is 0 Å². The molecule has 2 unspecified atom stereocenters. The summed E-state index contributed by atoms with van der Waals surface area (Å²) in [4.78, 5) is 11.9. The van der Waals surface area contributed by atoms with Crippen molar-refractivity contribution in [3.63, 3.8) is 0 Å². The molecule has 2 aliphatic rings. The van der Waals surface area contributed by atoms with Gasteiger partial charge in [-0.1, -0.05) is 30.3 Å². The summed E-state index contributed by atoms with van der Waals surface area (Å²) in [5.41, 5.74) is 1.18. The van der Waals surface area contributed by atoms with Crippen LogP contribution in [0.1, 0.15) is 24.8 Å². The van der Waals surface area contributed by atoms with Gasteiger partial charge in [0.2, 0.25) is 5.91 Å². The number of hydrogen-bond acceptors (Lipinski definition) is 1. The summed E-state index contributed by atoms with van der Waals surface area (Å²) in [5.74, 6) is 2.32. The summed E-state index contributed by atoms with van der Waals surface area (Å²) < 4.78 is 0. The fraction of sp³-hybridized carbons (Fsp3) is 0.500. The molecule has 84 valence electrons. The average Bonchev–Trinajstić information content (AvgIpc) is 2.94. The third-order valence-electron chi connectivity index (χ3n) is 3.92. The van der Waals surface area contributed by atoms with Crippen LogP contribution in [0.3, 0.4) is 0 Å². The van der Waals surface area contributed by atoms with Gasteiger partial charge in [-0.25, -0.2) is 0 Å². The highest BCUT2D eigenvalue weighted by molar-refractivity contribution is 5.79. The van der Waals surface area contributed by atoms with Crippen LogP contribution >= 0.6 is 0 Å². The Morgan fingerprint density at radius 3 is 2.50 bits per heavy atom. The number of hydrogen-bond donors (Lipinski definition) is 1. The average molecular weight is 215 g/mol. The van der Waals surface area contributed by atoms with Gasteiger partial charge in [0.25, 0.3) is 0 Å². The van der Waals surface area contributed by atoms with Gasteiger partial charge in [0.15, 0.2) is 0 Å². The van der Waals surface area contributed by atoms with Gasteiger partial charge in [0.05, 0.1) is 0 Å². The molecule has 0 bridgehead atoms. The van der Waals surface area contributed by atoms with Crippen molar-refractivity contribution in [2.75, 3.05) is 0 Å². The molecule has 1 aromatic rings. The smallest absolute Gasteiger partial charge is 0.223 e. The predicted molar refractivity (Wildman–Crippen MR) is 62.6 cm³/mol. The summed E-state index contributed by atoms with van der Waals surface area (Å²) in [6.45, 7) is 0.672. The molecule has 1 N–H and O–H groups in total. The molecule has 1 aromatic carbocycles. The Labute approximate surface area is 96.1 Å². The molecule has 2 atom stereocenters. The first-order valence-electron chi connectivity index (χ1n) is 6.14. The normalized spacial score (nSPS) is 30.9. The molecule has 0 heterocycles. The molecule has 0 radical (unpaired) electrons. The van der Waals surface area contributed by atoms with E-state index in [9.17, 15) is 4.79 Å². The fourth-order valence-electron chi connectivity index (χ4n) is 2.86. The van der Waals surface area contributed by atoms with E-state index in [4.69, 9.17) is 0 Å². The third kappa shape index (κ3) is 1.97. The molecule has 2 nitrogen and oxygen atoms in total. The first-order valence-corrected chi connectivity index (χ1v) is 6.14. The molecule has 1 amide bonds. The van der Waals surface area contributed by atoms with Crippen molar-refractivity contribution < 1.29 is 4.79 Å². The van der Waals surface area contributed by atoms with Crippen molar-refractivity contribution >= 4 is 5.91 Å². The molecule has 0 aliphatic heterocycles. The molecule has 2 aliphatic carbocycles. The lowest BCUT2D eigenvalue weighted by molar-refractivity contribution is -0.125. The Morgan fingerprint density at radius 2 is 1.81 bits per heavy atom. The van der Waals surface area contributed by atoms with Crippen LogP contribution in [0, 0.1) is 17.8 Å². The Morgan fingerprint density at radius 1 is 1.12 bits per heavy atom. The summed E-state index contributed by atoms with van der Waals surface area (Å²) in [5, 5.41) is 3.04. The van der Waals surface area contributed by atoms with Crippen LogP contribution in [-0.4, -0.2) is 5.91 Å². The highest BCUT2D eigenvalue weighted by Crippen LogP contribution is 2.54. The van der Waals surface area contributed by atoms with Gasteiger partial charge >= 0.3 is 0 Å². The molecule has 2 fully saturated rings. The largest absolute Gasteiger partial charge is 0.352 e. The molecule has 2 saturated carbocycles. The van der Waals surface area contributed by atoms with Crippen LogP contribution < -0.4 is 5.32 Å². The zero-order valence-electron chi connectivity index (χ0n) is 9.36. The number of carbonyl (C=O) groups excluding carboxylic acids is 1. The standard InChI is InChI=1S/C14H17NO/c16-14(13-7-11-6-12(11)8-13)15-9-10-4-2-1-3-5-10/h1-5,11-13H,6-9H2,(H,15,16).